The molecule has 30 heavy (non-hydrogen) atoms. The number of carbonyl (C=O) groups excluding carboxylic acids is 1. The van der Waals surface area contributed by atoms with Crippen LogP contribution in [0.4, 0.5) is 16.2 Å². The zero-order valence-electron chi connectivity index (χ0n) is 17.4. The highest BCUT2D eigenvalue weighted by Gasteiger charge is 2.18. The minimum Gasteiger partial charge on any atom is -0.379 e. The molecule has 1 heterocycles. The van der Waals surface area contributed by atoms with Gasteiger partial charge < -0.3 is 19.9 Å². The smallest absolute Gasteiger partial charge is 0.322 e. The number of morpholine rings is 1. The molecule has 8 heteroatoms. The minimum absolute atomic E-state index is 0.191. The van der Waals surface area contributed by atoms with Gasteiger partial charge in [0.15, 0.2) is 0 Å². The van der Waals surface area contributed by atoms with E-state index in [2.05, 4.69) is 39.4 Å². The third-order valence-corrected chi connectivity index (χ3v) is 5.62. The van der Waals surface area contributed by atoms with Crippen molar-refractivity contribution in [2.45, 2.75) is 6.54 Å². The lowest BCUT2D eigenvalue weighted by Crippen LogP contribution is -2.44. The Labute approximate surface area is 188 Å². The van der Waals surface area contributed by atoms with E-state index in [1.807, 2.05) is 19.0 Å². The van der Waals surface area contributed by atoms with Crippen molar-refractivity contribution in [2.24, 2.45) is 0 Å². The molecule has 6 nitrogen and oxygen atoms in total. The van der Waals surface area contributed by atoms with E-state index in [0.29, 0.717) is 28.8 Å². The Bertz CT molecular complexity index is 840. The first-order chi connectivity index (χ1) is 14.4. The van der Waals surface area contributed by atoms with Crippen LogP contribution in [0.3, 0.4) is 0 Å². The Balaban J connectivity index is 1.70. The average Bonchev–Trinajstić information content (AvgIpc) is 2.74. The van der Waals surface area contributed by atoms with Crippen LogP contribution in [0.25, 0.3) is 0 Å². The molecule has 3 rings (SSSR count). The molecule has 0 aromatic heterocycles. The summed E-state index contributed by atoms with van der Waals surface area (Å²) in [6.45, 7) is 5.14. The SMILES string of the molecule is CN(C)c1ccc(CN(CCN2CCOCC2)C(=O)Nc2ccc(Cl)cc2Cl)cc1. The number of hydrogen-bond donors (Lipinski definition) is 1. The number of amides is 2. The number of nitrogens with zero attached hydrogens (tertiary/aromatic N) is 3. The van der Waals surface area contributed by atoms with E-state index in [1.54, 1.807) is 18.2 Å². The zero-order valence-corrected chi connectivity index (χ0v) is 18.9. The summed E-state index contributed by atoms with van der Waals surface area (Å²) in [4.78, 5) is 19.2. The molecule has 1 fully saturated rings. The van der Waals surface area contributed by atoms with Crippen LogP contribution in [-0.4, -0.2) is 69.3 Å². The van der Waals surface area contributed by atoms with Gasteiger partial charge in [0.25, 0.3) is 0 Å². The van der Waals surface area contributed by atoms with Gasteiger partial charge in [-0.1, -0.05) is 35.3 Å². The molecule has 0 radical (unpaired) electrons. The monoisotopic (exact) mass is 450 g/mol. The van der Waals surface area contributed by atoms with Gasteiger partial charge >= 0.3 is 6.03 Å². The predicted octanol–water partition coefficient (Wildman–Crippen LogP) is 4.43. The first-order valence-electron chi connectivity index (χ1n) is 10.00. The fraction of sp³-hybridized carbons (Fsp3) is 0.409. The average molecular weight is 451 g/mol. The van der Waals surface area contributed by atoms with Gasteiger partial charge in [0.1, 0.15) is 0 Å². The first kappa shape index (κ1) is 22.7. The summed E-state index contributed by atoms with van der Waals surface area (Å²) >= 11 is 12.2. The van der Waals surface area contributed by atoms with Crippen LogP contribution in [0.2, 0.25) is 10.0 Å². The second-order valence-electron chi connectivity index (χ2n) is 7.49. The fourth-order valence-electron chi connectivity index (χ4n) is 3.24. The molecule has 0 aliphatic carbocycles. The Morgan fingerprint density at radius 2 is 1.80 bits per heavy atom. The number of rotatable bonds is 7. The molecule has 162 valence electrons. The predicted molar refractivity (Wildman–Crippen MR) is 124 cm³/mol. The quantitative estimate of drug-likeness (QED) is 0.677. The van der Waals surface area contributed by atoms with Crippen LogP contribution >= 0.6 is 23.2 Å². The number of anilines is 2. The van der Waals surface area contributed by atoms with Crippen LogP contribution in [0.15, 0.2) is 42.5 Å². The van der Waals surface area contributed by atoms with E-state index in [-0.39, 0.29) is 6.03 Å². The Morgan fingerprint density at radius 1 is 1.10 bits per heavy atom. The number of carbonyl (C=O) groups is 1. The summed E-state index contributed by atoms with van der Waals surface area (Å²) in [6.07, 6.45) is 0. The van der Waals surface area contributed by atoms with Gasteiger partial charge in [-0.3, -0.25) is 4.90 Å². The fourth-order valence-corrected chi connectivity index (χ4v) is 3.70. The Morgan fingerprint density at radius 3 is 2.43 bits per heavy atom. The highest BCUT2D eigenvalue weighted by Crippen LogP contribution is 2.26. The van der Waals surface area contributed by atoms with Gasteiger partial charge in [-0.25, -0.2) is 4.79 Å². The van der Waals surface area contributed by atoms with Crippen molar-refractivity contribution in [1.82, 2.24) is 9.80 Å². The third kappa shape index (κ3) is 6.51. The van der Waals surface area contributed by atoms with Crippen molar-refractivity contribution in [3.05, 3.63) is 58.1 Å². The van der Waals surface area contributed by atoms with Gasteiger partial charge in [0.05, 0.1) is 23.9 Å². The Kier molecular flexibility index (Phi) is 8.22. The number of benzene rings is 2. The normalized spacial score (nSPS) is 14.4. The molecule has 0 atom stereocenters. The molecular weight excluding hydrogens is 423 g/mol. The number of hydrogen-bond acceptors (Lipinski definition) is 4. The molecule has 2 aromatic rings. The van der Waals surface area contributed by atoms with Crippen LogP contribution < -0.4 is 10.2 Å². The molecule has 1 N–H and O–H groups in total. The molecule has 2 aromatic carbocycles. The van der Waals surface area contributed by atoms with E-state index in [4.69, 9.17) is 27.9 Å². The standard InChI is InChI=1S/C22H28Cl2N4O2/c1-26(2)19-6-3-17(4-7-19)16-28(10-9-27-11-13-30-14-12-27)22(29)25-21-8-5-18(23)15-20(21)24/h3-8,15H,9-14,16H2,1-2H3,(H,25,29). The van der Waals surface area contributed by atoms with Crippen molar-refractivity contribution in [1.29, 1.82) is 0 Å². The molecule has 0 spiro atoms. The lowest BCUT2D eigenvalue weighted by Gasteiger charge is -2.30. The van der Waals surface area contributed by atoms with E-state index in [1.165, 1.54) is 0 Å². The number of halogens is 2. The largest absolute Gasteiger partial charge is 0.379 e. The summed E-state index contributed by atoms with van der Waals surface area (Å²) < 4.78 is 5.42. The molecule has 1 saturated heterocycles. The number of ether oxygens (including phenoxy) is 1. The molecule has 2 amide bonds. The molecular formula is C22H28Cl2N4O2. The lowest BCUT2D eigenvalue weighted by atomic mass is 10.2. The summed E-state index contributed by atoms with van der Waals surface area (Å²) in [5.74, 6) is 0. The van der Waals surface area contributed by atoms with Gasteiger partial charge in [-0.2, -0.15) is 0 Å². The summed E-state index contributed by atoms with van der Waals surface area (Å²) in [5, 5.41) is 3.87. The van der Waals surface area contributed by atoms with Gasteiger partial charge in [-0.05, 0) is 35.9 Å². The lowest BCUT2D eigenvalue weighted by molar-refractivity contribution is 0.0349. The second-order valence-corrected chi connectivity index (χ2v) is 8.33. The number of nitrogens with one attached hydrogen (secondary N) is 1. The zero-order chi connectivity index (χ0) is 21.5. The first-order valence-corrected chi connectivity index (χ1v) is 10.8. The van der Waals surface area contributed by atoms with Crippen molar-refractivity contribution in [3.63, 3.8) is 0 Å². The third-order valence-electron chi connectivity index (χ3n) is 5.08. The van der Waals surface area contributed by atoms with Crippen LogP contribution in [0, 0.1) is 0 Å². The maximum absolute atomic E-state index is 13.1. The van der Waals surface area contributed by atoms with Gasteiger partial charge in [0, 0.05) is 57.5 Å². The van der Waals surface area contributed by atoms with Crippen LogP contribution in [-0.2, 0) is 11.3 Å². The van der Waals surface area contributed by atoms with E-state index >= 15 is 0 Å². The van der Waals surface area contributed by atoms with Crippen molar-refractivity contribution in [2.75, 3.05) is 63.7 Å². The maximum atomic E-state index is 13.1. The summed E-state index contributed by atoms with van der Waals surface area (Å²) in [6, 6.07) is 13.1. The van der Waals surface area contributed by atoms with Gasteiger partial charge in [-0.15, -0.1) is 0 Å². The van der Waals surface area contributed by atoms with Gasteiger partial charge in [0.2, 0.25) is 0 Å². The highest BCUT2D eigenvalue weighted by atomic mass is 35.5. The van der Waals surface area contributed by atoms with Crippen LogP contribution in [0.5, 0.6) is 0 Å². The second kappa shape index (κ2) is 10.9. The van der Waals surface area contributed by atoms with E-state index in [0.717, 1.165) is 44.1 Å². The topological polar surface area (TPSA) is 48.1 Å². The van der Waals surface area contributed by atoms with Crippen molar-refractivity contribution < 1.29 is 9.53 Å². The van der Waals surface area contributed by atoms with Crippen molar-refractivity contribution in [3.8, 4) is 0 Å². The summed E-state index contributed by atoms with van der Waals surface area (Å²) in [7, 11) is 4.01. The number of urea groups is 1. The van der Waals surface area contributed by atoms with Crippen molar-refractivity contribution >= 4 is 40.6 Å². The Hall–Kier alpha value is -1.99. The molecule has 1 aliphatic rings. The van der Waals surface area contributed by atoms with Crippen LogP contribution in [0.1, 0.15) is 5.56 Å². The van der Waals surface area contributed by atoms with E-state index < -0.39 is 0 Å². The highest BCUT2D eigenvalue weighted by molar-refractivity contribution is 6.36. The summed E-state index contributed by atoms with van der Waals surface area (Å²) in [5.41, 5.74) is 2.74. The molecule has 1 aliphatic heterocycles. The van der Waals surface area contributed by atoms with E-state index in [9.17, 15) is 4.79 Å². The minimum atomic E-state index is -0.191. The molecule has 0 bridgehead atoms. The molecule has 0 saturated carbocycles. The maximum Gasteiger partial charge on any atom is 0.322 e. The molecule has 0 unspecified atom stereocenters.